The van der Waals surface area contributed by atoms with Crippen LogP contribution in [0.4, 0.5) is 0 Å². The summed E-state index contributed by atoms with van der Waals surface area (Å²) in [5.74, 6) is -1.21. The lowest BCUT2D eigenvalue weighted by atomic mass is 10.2. The number of carbonyl (C=O) groups excluding carboxylic acids is 1. The van der Waals surface area contributed by atoms with E-state index in [4.69, 9.17) is 5.11 Å². The van der Waals surface area contributed by atoms with E-state index in [2.05, 4.69) is 10.3 Å². The number of carboxylic acid groups (broad SMARTS) is 1. The van der Waals surface area contributed by atoms with Crippen LogP contribution < -0.4 is 5.32 Å². The first-order chi connectivity index (χ1) is 8.66. The minimum Gasteiger partial charge on any atom is -0.477 e. The number of nitrogens with one attached hydrogen (secondary N) is 1. The van der Waals surface area contributed by atoms with Crippen LogP contribution in [-0.2, 0) is 6.54 Å². The Hall–Kier alpha value is -2.21. The highest BCUT2D eigenvalue weighted by Crippen LogP contribution is 2.08. The Balaban J connectivity index is 1.94. The summed E-state index contributed by atoms with van der Waals surface area (Å²) in [7, 11) is 0. The zero-order valence-corrected chi connectivity index (χ0v) is 10.1. The van der Waals surface area contributed by atoms with Gasteiger partial charge in [0.05, 0.1) is 4.88 Å². The molecule has 2 heterocycles. The van der Waals surface area contributed by atoms with Crippen molar-refractivity contribution in [2.24, 2.45) is 0 Å². The molecule has 0 saturated carbocycles. The van der Waals surface area contributed by atoms with Gasteiger partial charge in [0.15, 0.2) is 0 Å². The normalized spacial score (nSPS) is 10.0. The minimum absolute atomic E-state index is 0.0108. The second kappa shape index (κ2) is 5.42. The fourth-order valence-electron chi connectivity index (χ4n) is 1.33. The number of hydrogen-bond acceptors (Lipinski definition) is 4. The van der Waals surface area contributed by atoms with Crippen molar-refractivity contribution in [3.63, 3.8) is 0 Å². The van der Waals surface area contributed by atoms with Crippen LogP contribution in [0.25, 0.3) is 0 Å². The van der Waals surface area contributed by atoms with E-state index in [1.165, 1.54) is 23.6 Å². The Bertz CT molecular complexity index is 549. The van der Waals surface area contributed by atoms with Gasteiger partial charge in [-0.1, -0.05) is 12.1 Å². The quantitative estimate of drug-likeness (QED) is 0.880. The largest absolute Gasteiger partial charge is 0.477 e. The summed E-state index contributed by atoms with van der Waals surface area (Å²) in [6.07, 6.45) is 1.44. The van der Waals surface area contributed by atoms with E-state index in [1.54, 1.807) is 12.1 Å². The summed E-state index contributed by atoms with van der Waals surface area (Å²) in [5, 5.41) is 13.3. The van der Waals surface area contributed by atoms with Gasteiger partial charge in [0.1, 0.15) is 5.69 Å². The van der Waals surface area contributed by atoms with Crippen LogP contribution in [0.3, 0.4) is 0 Å². The Kier molecular flexibility index (Phi) is 3.69. The maximum Gasteiger partial charge on any atom is 0.354 e. The lowest BCUT2D eigenvalue weighted by molar-refractivity contribution is 0.0690. The van der Waals surface area contributed by atoms with Crippen molar-refractivity contribution < 1.29 is 14.7 Å². The molecule has 0 atom stereocenters. The Morgan fingerprint density at radius 2 is 2.17 bits per heavy atom. The second-order valence-electron chi connectivity index (χ2n) is 3.52. The number of thiophene rings is 1. The summed E-state index contributed by atoms with van der Waals surface area (Å²) in [5.41, 5.74) is 0.744. The zero-order valence-electron chi connectivity index (χ0n) is 9.29. The first-order valence-electron chi connectivity index (χ1n) is 5.17. The summed E-state index contributed by atoms with van der Waals surface area (Å²) >= 11 is 1.37. The number of carboxylic acids is 1. The van der Waals surface area contributed by atoms with Crippen LogP contribution in [-0.4, -0.2) is 22.0 Å². The molecule has 18 heavy (non-hydrogen) atoms. The number of amides is 1. The summed E-state index contributed by atoms with van der Waals surface area (Å²) in [6.45, 7) is 0.323. The second-order valence-corrected chi connectivity index (χ2v) is 4.46. The van der Waals surface area contributed by atoms with Crippen LogP contribution >= 0.6 is 11.3 Å². The highest BCUT2D eigenvalue weighted by molar-refractivity contribution is 7.12. The molecule has 0 fully saturated rings. The fourth-order valence-corrected chi connectivity index (χ4v) is 1.97. The van der Waals surface area contributed by atoms with Gasteiger partial charge in [0, 0.05) is 12.7 Å². The van der Waals surface area contributed by atoms with Gasteiger partial charge < -0.3 is 10.4 Å². The van der Waals surface area contributed by atoms with Crippen molar-refractivity contribution >= 4 is 23.2 Å². The molecule has 92 valence electrons. The number of pyridine rings is 1. The van der Waals surface area contributed by atoms with Crippen LogP contribution in [0.15, 0.2) is 35.8 Å². The van der Waals surface area contributed by atoms with Crippen LogP contribution in [0.2, 0.25) is 0 Å². The Morgan fingerprint density at radius 1 is 1.33 bits per heavy atom. The minimum atomic E-state index is -1.07. The number of aromatic carboxylic acids is 1. The third-order valence-corrected chi connectivity index (χ3v) is 3.11. The lowest BCUT2D eigenvalue weighted by Gasteiger charge is -2.03. The van der Waals surface area contributed by atoms with Gasteiger partial charge in [-0.3, -0.25) is 4.79 Å². The molecule has 6 heteroatoms. The van der Waals surface area contributed by atoms with Gasteiger partial charge in [-0.05, 0) is 23.1 Å². The average molecular weight is 262 g/mol. The van der Waals surface area contributed by atoms with Crippen LogP contribution in [0.5, 0.6) is 0 Å². The van der Waals surface area contributed by atoms with E-state index in [1.807, 2.05) is 11.4 Å². The highest BCUT2D eigenvalue weighted by atomic mass is 32.1. The van der Waals surface area contributed by atoms with E-state index in [9.17, 15) is 9.59 Å². The van der Waals surface area contributed by atoms with Crippen LogP contribution in [0.1, 0.15) is 25.7 Å². The standard InChI is InChI=1S/C12H10N2O3S/c15-11(10-2-1-5-18-10)14-7-8-3-4-9(12(16)17)13-6-8/h1-6H,7H2,(H,14,15)(H,16,17). The monoisotopic (exact) mass is 262 g/mol. The van der Waals surface area contributed by atoms with Gasteiger partial charge in [-0.2, -0.15) is 0 Å². The number of aromatic nitrogens is 1. The molecule has 0 aliphatic carbocycles. The molecule has 1 amide bonds. The maximum absolute atomic E-state index is 11.6. The molecule has 0 unspecified atom stereocenters. The first kappa shape index (κ1) is 12.3. The van der Waals surface area contributed by atoms with E-state index in [-0.39, 0.29) is 11.6 Å². The van der Waals surface area contributed by atoms with Crippen LogP contribution in [0, 0.1) is 0 Å². The number of rotatable bonds is 4. The molecule has 0 aliphatic rings. The van der Waals surface area contributed by atoms with E-state index < -0.39 is 5.97 Å². The molecule has 2 N–H and O–H groups in total. The molecule has 0 aliphatic heterocycles. The third-order valence-electron chi connectivity index (χ3n) is 2.24. The van der Waals surface area contributed by atoms with E-state index in [0.29, 0.717) is 11.4 Å². The third kappa shape index (κ3) is 2.92. The lowest BCUT2D eigenvalue weighted by Crippen LogP contribution is -2.21. The van der Waals surface area contributed by atoms with Gasteiger partial charge >= 0.3 is 5.97 Å². The molecular formula is C12H10N2O3S. The van der Waals surface area contributed by atoms with Crippen molar-refractivity contribution in [2.45, 2.75) is 6.54 Å². The van der Waals surface area contributed by atoms with Crippen molar-refractivity contribution in [3.8, 4) is 0 Å². The van der Waals surface area contributed by atoms with Gasteiger partial charge in [-0.25, -0.2) is 9.78 Å². The number of carbonyl (C=O) groups is 2. The Labute approximate surface area is 107 Å². The maximum atomic E-state index is 11.6. The molecule has 2 aromatic heterocycles. The topological polar surface area (TPSA) is 79.3 Å². The molecule has 5 nitrogen and oxygen atoms in total. The van der Waals surface area contributed by atoms with Gasteiger partial charge in [0.25, 0.3) is 5.91 Å². The Morgan fingerprint density at radius 3 is 2.72 bits per heavy atom. The summed E-state index contributed by atoms with van der Waals surface area (Å²) < 4.78 is 0. The smallest absolute Gasteiger partial charge is 0.354 e. The van der Waals surface area contributed by atoms with E-state index in [0.717, 1.165) is 5.56 Å². The molecule has 0 radical (unpaired) electrons. The van der Waals surface area contributed by atoms with Crippen molar-refractivity contribution in [3.05, 3.63) is 52.0 Å². The average Bonchev–Trinajstić information content (AvgIpc) is 2.90. The van der Waals surface area contributed by atoms with E-state index >= 15 is 0 Å². The van der Waals surface area contributed by atoms with Crippen molar-refractivity contribution in [2.75, 3.05) is 0 Å². The van der Waals surface area contributed by atoms with Gasteiger partial charge in [0.2, 0.25) is 0 Å². The summed E-state index contributed by atoms with van der Waals surface area (Å²) in [6, 6.07) is 6.59. The molecule has 2 rings (SSSR count). The molecule has 0 bridgehead atoms. The molecule has 0 aromatic carbocycles. The summed E-state index contributed by atoms with van der Waals surface area (Å²) in [4.78, 5) is 26.7. The molecule has 0 spiro atoms. The van der Waals surface area contributed by atoms with Crippen molar-refractivity contribution in [1.82, 2.24) is 10.3 Å². The predicted molar refractivity (Wildman–Crippen MR) is 66.7 cm³/mol. The number of hydrogen-bond donors (Lipinski definition) is 2. The SMILES string of the molecule is O=C(O)c1ccc(CNC(=O)c2cccs2)cn1. The predicted octanol–water partition coefficient (Wildman–Crippen LogP) is 1.77. The molecule has 0 saturated heterocycles. The highest BCUT2D eigenvalue weighted by Gasteiger charge is 2.07. The number of nitrogens with zero attached hydrogens (tertiary/aromatic N) is 1. The first-order valence-corrected chi connectivity index (χ1v) is 6.04. The fraction of sp³-hybridized carbons (Fsp3) is 0.0833. The van der Waals surface area contributed by atoms with Gasteiger partial charge in [-0.15, -0.1) is 11.3 Å². The van der Waals surface area contributed by atoms with Crippen molar-refractivity contribution in [1.29, 1.82) is 0 Å². The zero-order chi connectivity index (χ0) is 13.0. The molecule has 2 aromatic rings. The molecular weight excluding hydrogens is 252 g/mol.